The number of benzene rings is 1. The molecule has 2 aromatic rings. The van der Waals surface area contributed by atoms with Crippen LogP contribution in [0.2, 0.25) is 0 Å². The molecule has 41 heavy (non-hydrogen) atoms. The Morgan fingerprint density at radius 2 is 1.66 bits per heavy atom. The van der Waals surface area contributed by atoms with E-state index in [9.17, 15) is 14.0 Å². The largest absolute Gasteiger partial charge is 0.342 e. The molecule has 0 bridgehead atoms. The van der Waals surface area contributed by atoms with Crippen LogP contribution in [-0.4, -0.2) is 98.8 Å². The first-order valence-corrected chi connectivity index (χ1v) is 15.3. The van der Waals surface area contributed by atoms with Crippen LogP contribution in [0.1, 0.15) is 72.9 Å². The average molecular weight is 563 g/mol. The maximum Gasteiger partial charge on any atom is 0.257 e. The van der Waals surface area contributed by atoms with Crippen LogP contribution in [-0.2, 0) is 4.79 Å². The number of aromatic nitrogens is 2. The zero-order valence-corrected chi connectivity index (χ0v) is 24.9. The lowest BCUT2D eigenvalue weighted by Gasteiger charge is -2.55. The molecule has 1 aliphatic carbocycles. The second-order valence-corrected chi connectivity index (χ2v) is 13.0. The van der Waals surface area contributed by atoms with Crippen LogP contribution in [0, 0.1) is 31.5 Å². The summed E-state index contributed by atoms with van der Waals surface area (Å²) < 4.78 is 14.4. The maximum absolute atomic E-state index is 14.4. The van der Waals surface area contributed by atoms with Gasteiger partial charge in [-0.3, -0.25) is 19.4 Å². The van der Waals surface area contributed by atoms with Gasteiger partial charge in [-0.1, -0.05) is 12.1 Å². The second-order valence-electron chi connectivity index (χ2n) is 13.0. The first kappa shape index (κ1) is 28.2. The van der Waals surface area contributed by atoms with Crippen LogP contribution in [0.15, 0.2) is 30.6 Å². The van der Waals surface area contributed by atoms with Crippen LogP contribution in [0.25, 0.3) is 0 Å². The lowest BCUT2D eigenvalue weighted by Crippen LogP contribution is -2.64. The number of nitrogens with zero attached hydrogens (tertiary/aromatic N) is 6. The molecule has 2 amide bonds. The Kier molecular flexibility index (Phi) is 7.61. The number of carbonyl (C=O) groups is 2. The van der Waals surface area contributed by atoms with Crippen LogP contribution in [0.4, 0.5) is 4.39 Å². The molecule has 0 radical (unpaired) electrons. The SMILES string of the molecule is Cc1ncnc(C)c1C(=O)N1CCC(C)(N2CCN(C(c3cccc(F)c3)C3CN(C(=O)C4CC4)C3)C(C)C2)CC1. The van der Waals surface area contributed by atoms with Crippen molar-refractivity contribution in [1.29, 1.82) is 0 Å². The molecule has 3 aliphatic heterocycles. The van der Waals surface area contributed by atoms with Gasteiger partial charge in [-0.15, -0.1) is 0 Å². The van der Waals surface area contributed by atoms with Gasteiger partial charge in [0.1, 0.15) is 12.1 Å². The van der Waals surface area contributed by atoms with Gasteiger partial charge in [-0.05, 0) is 71.1 Å². The van der Waals surface area contributed by atoms with Crippen molar-refractivity contribution in [3.05, 3.63) is 58.9 Å². The summed E-state index contributed by atoms with van der Waals surface area (Å²) in [6.45, 7) is 14.1. The van der Waals surface area contributed by atoms with E-state index in [4.69, 9.17) is 0 Å². The highest BCUT2D eigenvalue weighted by Gasteiger charge is 2.47. The molecule has 1 aromatic heterocycles. The van der Waals surface area contributed by atoms with Crippen molar-refractivity contribution < 1.29 is 14.0 Å². The molecule has 1 saturated carbocycles. The van der Waals surface area contributed by atoms with Crippen molar-refractivity contribution in [2.45, 2.75) is 71.0 Å². The van der Waals surface area contributed by atoms with E-state index in [2.05, 4.69) is 33.6 Å². The highest BCUT2D eigenvalue weighted by atomic mass is 19.1. The van der Waals surface area contributed by atoms with E-state index in [1.165, 1.54) is 12.4 Å². The first-order valence-electron chi connectivity index (χ1n) is 15.3. The summed E-state index contributed by atoms with van der Waals surface area (Å²) >= 11 is 0. The topological polar surface area (TPSA) is 72.9 Å². The minimum atomic E-state index is -0.203. The fraction of sp³-hybridized carbons (Fsp3) is 0.625. The number of piperidine rings is 1. The Morgan fingerprint density at radius 3 is 2.27 bits per heavy atom. The van der Waals surface area contributed by atoms with Crippen molar-refractivity contribution in [2.75, 3.05) is 45.8 Å². The minimum Gasteiger partial charge on any atom is -0.342 e. The van der Waals surface area contributed by atoms with Gasteiger partial charge in [0.15, 0.2) is 0 Å². The molecule has 0 spiro atoms. The van der Waals surface area contributed by atoms with E-state index in [1.807, 2.05) is 35.8 Å². The van der Waals surface area contributed by atoms with Crippen molar-refractivity contribution in [3.8, 4) is 0 Å². The van der Waals surface area contributed by atoms with Gasteiger partial charge in [0.05, 0.1) is 17.0 Å². The number of hydrogen-bond donors (Lipinski definition) is 0. The Labute approximate surface area is 242 Å². The van der Waals surface area contributed by atoms with Crippen LogP contribution >= 0.6 is 0 Å². The number of piperazine rings is 1. The maximum atomic E-state index is 14.4. The molecule has 6 rings (SSSR count). The summed E-state index contributed by atoms with van der Waals surface area (Å²) in [6, 6.07) is 7.44. The molecule has 0 N–H and O–H groups in total. The second kappa shape index (κ2) is 11.1. The third-order valence-electron chi connectivity index (χ3n) is 10.2. The van der Waals surface area contributed by atoms with E-state index in [1.54, 1.807) is 6.07 Å². The summed E-state index contributed by atoms with van der Waals surface area (Å²) in [5.74, 6) is 0.688. The molecule has 4 aliphatic rings. The smallest absolute Gasteiger partial charge is 0.257 e. The molecule has 9 heteroatoms. The van der Waals surface area contributed by atoms with Gasteiger partial charge in [0.2, 0.25) is 5.91 Å². The predicted octanol–water partition coefficient (Wildman–Crippen LogP) is 3.84. The summed E-state index contributed by atoms with van der Waals surface area (Å²) in [5, 5.41) is 0. The standard InChI is InChI=1S/C32H43FN6O2/c1-21-17-38(32(4)10-12-36(13-11-32)31(41)28-22(2)34-20-35-23(28)3)14-15-39(21)29(25-6-5-7-27(33)16-25)26-18-37(19-26)30(40)24-8-9-24/h5-7,16,20-21,24,26,29H,8-15,17-19H2,1-4H3. The van der Waals surface area contributed by atoms with Crippen LogP contribution in [0.3, 0.4) is 0 Å². The number of aryl methyl sites for hydroxylation is 2. The Bertz CT molecular complexity index is 1280. The third-order valence-corrected chi connectivity index (χ3v) is 10.2. The average Bonchev–Trinajstić information content (AvgIpc) is 3.76. The Balaban J connectivity index is 1.11. The van der Waals surface area contributed by atoms with Gasteiger partial charge < -0.3 is 9.80 Å². The number of hydrogen-bond acceptors (Lipinski definition) is 6. The highest BCUT2D eigenvalue weighted by molar-refractivity contribution is 5.96. The normalized spacial score (nSPS) is 24.7. The van der Waals surface area contributed by atoms with Crippen molar-refractivity contribution in [2.24, 2.45) is 11.8 Å². The van der Waals surface area contributed by atoms with Gasteiger partial charge in [0, 0.05) is 75.3 Å². The highest BCUT2D eigenvalue weighted by Crippen LogP contribution is 2.41. The number of rotatable bonds is 6. The van der Waals surface area contributed by atoms with Gasteiger partial charge >= 0.3 is 0 Å². The van der Waals surface area contributed by atoms with Crippen molar-refractivity contribution in [1.82, 2.24) is 29.6 Å². The number of amides is 2. The van der Waals surface area contributed by atoms with E-state index < -0.39 is 0 Å². The molecular formula is C32H43FN6O2. The monoisotopic (exact) mass is 562 g/mol. The lowest BCUT2D eigenvalue weighted by atomic mass is 9.83. The zero-order chi connectivity index (χ0) is 28.9. The molecule has 3 saturated heterocycles. The zero-order valence-electron chi connectivity index (χ0n) is 24.9. The summed E-state index contributed by atoms with van der Waals surface area (Å²) in [6.07, 6.45) is 5.41. The molecule has 8 nitrogen and oxygen atoms in total. The quantitative estimate of drug-likeness (QED) is 0.533. The van der Waals surface area contributed by atoms with Gasteiger partial charge in [0.25, 0.3) is 5.91 Å². The van der Waals surface area contributed by atoms with E-state index in [0.29, 0.717) is 17.4 Å². The van der Waals surface area contributed by atoms with Crippen molar-refractivity contribution in [3.63, 3.8) is 0 Å². The van der Waals surface area contributed by atoms with Crippen LogP contribution < -0.4 is 0 Å². The van der Waals surface area contributed by atoms with E-state index >= 15 is 0 Å². The lowest BCUT2D eigenvalue weighted by molar-refractivity contribution is -0.142. The summed E-state index contributed by atoms with van der Waals surface area (Å²) in [4.78, 5) is 43.6. The fourth-order valence-electron chi connectivity index (χ4n) is 7.35. The summed E-state index contributed by atoms with van der Waals surface area (Å²) in [7, 11) is 0. The minimum absolute atomic E-state index is 0.0205. The fourth-order valence-corrected chi connectivity index (χ4v) is 7.35. The summed E-state index contributed by atoms with van der Waals surface area (Å²) in [5.41, 5.74) is 3.14. The molecule has 4 fully saturated rings. The third kappa shape index (κ3) is 5.50. The van der Waals surface area contributed by atoms with Crippen molar-refractivity contribution >= 4 is 11.8 Å². The van der Waals surface area contributed by atoms with Gasteiger partial charge in [-0.2, -0.15) is 0 Å². The number of carbonyl (C=O) groups excluding carboxylic acids is 2. The van der Waals surface area contributed by atoms with E-state index in [-0.39, 0.29) is 35.3 Å². The first-order chi connectivity index (χ1) is 19.6. The van der Waals surface area contributed by atoms with Gasteiger partial charge in [-0.25, -0.2) is 14.4 Å². The predicted molar refractivity (Wildman–Crippen MR) is 155 cm³/mol. The molecule has 1 aromatic carbocycles. The molecule has 2 atom stereocenters. The molecular weight excluding hydrogens is 519 g/mol. The van der Waals surface area contributed by atoms with E-state index in [0.717, 1.165) is 88.4 Å². The molecule has 2 unspecified atom stereocenters. The Hall–Kier alpha value is -2.91. The Morgan fingerprint density at radius 1 is 0.976 bits per heavy atom. The number of likely N-dealkylation sites (tertiary alicyclic amines) is 2. The molecule has 4 heterocycles. The van der Waals surface area contributed by atoms with Crippen LogP contribution in [0.5, 0.6) is 0 Å². The molecule has 220 valence electrons. The number of halogens is 1.